The van der Waals surface area contributed by atoms with Crippen LogP contribution in [0.15, 0.2) is 66.5 Å². The van der Waals surface area contributed by atoms with Crippen LogP contribution in [0.2, 0.25) is 0 Å². The van der Waals surface area contributed by atoms with E-state index in [1.165, 1.54) is 12.1 Å². The smallest absolute Gasteiger partial charge is 0.744 e. The van der Waals surface area contributed by atoms with Crippen molar-refractivity contribution in [3.05, 3.63) is 56.8 Å². The third kappa shape index (κ3) is 7.21. The Morgan fingerprint density at radius 2 is 0.972 bits per heavy atom. The molecule has 0 atom stereocenters. The number of Topliss-reactive ketones (excluding diaryl/α,β-unsaturated/α-hetero) is 2. The molecule has 0 saturated carbocycles. The number of benzene rings is 2. The Balaban J connectivity index is 0.00000324. The van der Waals surface area contributed by atoms with E-state index < -0.39 is 41.6 Å². The Hall–Kier alpha value is -0.760. The van der Waals surface area contributed by atoms with E-state index in [0.717, 1.165) is 24.3 Å². The van der Waals surface area contributed by atoms with E-state index in [-0.39, 0.29) is 102 Å². The van der Waals surface area contributed by atoms with Gasteiger partial charge in [-0.2, -0.15) is 0 Å². The fraction of sp³-hybridized carbons (Fsp3) is 0. The van der Waals surface area contributed by atoms with Gasteiger partial charge in [0.05, 0.1) is 18.8 Å². The van der Waals surface area contributed by atoms with Crippen LogP contribution in [0.5, 0.6) is 0 Å². The van der Waals surface area contributed by atoms with Crippen molar-refractivity contribution in [3.63, 3.8) is 0 Å². The minimum atomic E-state index is -4.90. The minimum Gasteiger partial charge on any atom is -0.744 e. The van der Waals surface area contributed by atoms with Crippen molar-refractivity contribution in [3.8, 4) is 0 Å². The van der Waals surface area contributed by atoms with E-state index in [1.54, 1.807) is 0 Å². The molecular weight excluding hydrogens is 670 g/mol. The van der Waals surface area contributed by atoms with Crippen LogP contribution >= 0.6 is 31.9 Å². The Bertz CT molecular complexity index is 1430. The fourth-order valence-electron chi connectivity index (χ4n) is 2.82. The second kappa shape index (κ2) is 12.4. The summed E-state index contributed by atoms with van der Waals surface area (Å²) in [5, 5.41) is 5.15. The molecule has 0 amide bonds. The number of ketones is 2. The summed E-state index contributed by atoms with van der Waals surface area (Å²) in [6.45, 7) is 0. The molecule has 0 unspecified atom stereocenters. The van der Waals surface area contributed by atoms with Gasteiger partial charge in [-0.25, -0.2) is 16.8 Å². The number of nitrogens with one attached hydrogen (secondary N) is 2. The van der Waals surface area contributed by atoms with Gasteiger partial charge in [-0.05, 0) is 68.3 Å². The maximum Gasteiger partial charge on any atom is 1.00 e. The summed E-state index contributed by atoms with van der Waals surface area (Å²) in [6, 6.07) is 6.68. The van der Waals surface area contributed by atoms with Crippen molar-refractivity contribution in [2.45, 2.75) is 9.79 Å². The molecule has 180 valence electrons. The summed E-state index contributed by atoms with van der Waals surface area (Å²) < 4.78 is 67.6. The SMILES string of the molecule is Nc1ccc(NC2=C(Br)C(=O)C(Nc3ccc(N)c(S(=O)(=O)[O-])c3)=C(Br)C2=O)cc1S(=O)(=O)[O-].[Na+].[Na+]. The van der Waals surface area contributed by atoms with Crippen LogP contribution in [0.3, 0.4) is 0 Å². The molecule has 0 fully saturated rings. The number of nitrogen functional groups attached to an aromatic ring is 2. The largest absolute Gasteiger partial charge is 1.00 e. The van der Waals surface area contributed by atoms with Gasteiger partial charge >= 0.3 is 59.1 Å². The number of carbonyl (C=O) groups is 2. The predicted octanol–water partition coefficient (Wildman–Crippen LogP) is -4.44. The second-order valence-corrected chi connectivity index (χ2v) is 11.0. The predicted molar refractivity (Wildman–Crippen MR) is 127 cm³/mol. The molecule has 2 aromatic rings. The van der Waals surface area contributed by atoms with Gasteiger partial charge in [0.1, 0.15) is 31.6 Å². The van der Waals surface area contributed by atoms with Gasteiger partial charge in [0, 0.05) is 22.7 Å². The van der Waals surface area contributed by atoms with Crippen LogP contribution in [-0.4, -0.2) is 37.5 Å². The number of halogens is 2. The normalized spacial score (nSPS) is 14.2. The van der Waals surface area contributed by atoms with E-state index >= 15 is 0 Å². The first-order chi connectivity index (χ1) is 15.6. The molecule has 0 aliphatic heterocycles. The standard InChI is InChI=1S/C18H14Br2N4O8S2.2Na/c19-13-15(23-7-1-3-9(21)11(5-7)33(27,28)29)17(25)14(20)16(18(13)26)24-8-2-4-10(22)12(6-8)34(30,31)32;;/h1-6,23-24H,21-22H2,(H,27,28,29)(H,30,31,32);;/q;2*+1/p-2. The monoisotopic (exact) mass is 680 g/mol. The van der Waals surface area contributed by atoms with Gasteiger partial charge in [0.2, 0.25) is 11.6 Å². The molecule has 0 saturated heterocycles. The Morgan fingerprint density at radius 3 is 1.25 bits per heavy atom. The van der Waals surface area contributed by atoms with Crippen LogP contribution < -0.4 is 81.2 Å². The van der Waals surface area contributed by atoms with E-state index in [2.05, 4.69) is 42.5 Å². The first-order valence-electron chi connectivity index (χ1n) is 8.75. The molecule has 3 rings (SSSR count). The average Bonchev–Trinajstić information content (AvgIpc) is 2.73. The summed E-state index contributed by atoms with van der Waals surface area (Å²) >= 11 is 6.02. The molecule has 6 N–H and O–H groups in total. The van der Waals surface area contributed by atoms with Crippen LogP contribution in [0, 0.1) is 0 Å². The molecular formula is C18H12Br2N4Na2O8S2. The molecule has 0 bridgehead atoms. The topological polar surface area (TPSA) is 225 Å². The van der Waals surface area contributed by atoms with Gasteiger partial charge in [-0.15, -0.1) is 0 Å². The minimum absolute atomic E-state index is 0. The maximum atomic E-state index is 12.9. The number of allylic oxidation sites excluding steroid dienone is 2. The van der Waals surface area contributed by atoms with Crippen molar-refractivity contribution in [2.75, 3.05) is 22.1 Å². The van der Waals surface area contributed by atoms with Crippen molar-refractivity contribution in [2.24, 2.45) is 0 Å². The van der Waals surface area contributed by atoms with Gasteiger partial charge in [-0.1, -0.05) is 0 Å². The second-order valence-electron chi connectivity index (χ2n) is 6.70. The van der Waals surface area contributed by atoms with Crippen molar-refractivity contribution in [1.29, 1.82) is 0 Å². The fourth-order valence-corrected chi connectivity index (χ4v) is 5.03. The van der Waals surface area contributed by atoms with Crippen molar-refractivity contribution >= 4 is 86.4 Å². The molecule has 1 aliphatic rings. The molecule has 0 aromatic heterocycles. The first-order valence-corrected chi connectivity index (χ1v) is 13.2. The molecule has 0 heterocycles. The maximum absolute atomic E-state index is 12.9. The molecule has 18 heteroatoms. The molecule has 1 aliphatic carbocycles. The Morgan fingerprint density at radius 1 is 0.667 bits per heavy atom. The van der Waals surface area contributed by atoms with Crippen LogP contribution in [0.25, 0.3) is 0 Å². The molecule has 0 spiro atoms. The van der Waals surface area contributed by atoms with E-state index in [4.69, 9.17) is 11.5 Å². The number of hydrogen-bond donors (Lipinski definition) is 4. The number of carbonyl (C=O) groups excluding carboxylic acids is 2. The van der Waals surface area contributed by atoms with Gasteiger partial charge in [0.25, 0.3) is 0 Å². The summed E-state index contributed by atoms with van der Waals surface area (Å²) in [4.78, 5) is 24.4. The van der Waals surface area contributed by atoms with Crippen LogP contribution in [-0.2, 0) is 29.8 Å². The Labute approximate surface area is 266 Å². The average molecular weight is 682 g/mol. The van der Waals surface area contributed by atoms with Gasteiger partial charge in [-0.3, -0.25) is 9.59 Å². The number of nitrogens with two attached hydrogens (primary N) is 2. The summed E-state index contributed by atoms with van der Waals surface area (Å²) in [7, 11) is -9.81. The molecule has 0 radical (unpaired) electrons. The zero-order valence-electron chi connectivity index (χ0n) is 18.5. The van der Waals surface area contributed by atoms with E-state index in [0.29, 0.717) is 0 Å². The number of rotatable bonds is 6. The molecule has 2 aromatic carbocycles. The summed E-state index contributed by atoms with van der Waals surface area (Å²) in [5.41, 5.74) is 9.81. The van der Waals surface area contributed by atoms with Crippen molar-refractivity contribution in [1.82, 2.24) is 0 Å². The van der Waals surface area contributed by atoms with E-state index in [9.17, 15) is 35.5 Å². The first kappa shape index (κ1) is 33.3. The third-order valence-electron chi connectivity index (χ3n) is 4.40. The number of hydrogen-bond acceptors (Lipinski definition) is 12. The third-order valence-corrected chi connectivity index (χ3v) is 7.69. The number of anilines is 4. The zero-order chi connectivity index (χ0) is 25.6. The summed E-state index contributed by atoms with van der Waals surface area (Å²) in [5.74, 6) is -1.52. The molecule has 12 nitrogen and oxygen atoms in total. The van der Waals surface area contributed by atoms with Gasteiger partial charge in [0.15, 0.2) is 0 Å². The Kier molecular flexibility index (Phi) is 11.5. The van der Waals surface area contributed by atoms with Crippen LogP contribution in [0.1, 0.15) is 0 Å². The quantitative estimate of drug-likeness (QED) is 0.0981. The van der Waals surface area contributed by atoms with Crippen LogP contribution in [0.4, 0.5) is 22.7 Å². The zero-order valence-corrected chi connectivity index (χ0v) is 27.3. The van der Waals surface area contributed by atoms with Gasteiger partial charge < -0.3 is 31.2 Å². The van der Waals surface area contributed by atoms with Crippen molar-refractivity contribution < 1.29 is 94.6 Å². The summed E-state index contributed by atoms with van der Waals surface area (Å²) in [6.07, 6.45) is 0. The van der Waals surface area contributed by atoms with E-state index in [1.807, 2.05) is 0 Å². The molecule has 36 heavy (non-hydrogen) atoms.